The molecule has 1 fully saturated rings. The molecule has 2 atom stereocenters. The van der Waals surface area contributed by atoms with Crippen molar-refractivity contribution in [1.82, 2.24) is 4.90 Å². The van der Waals surface area contributed by atoms with Crippen LogP contribution >= 0.6 is 0 Å². The quantitative estimate of drug-likeness (QED) is 0.615. The molecule has 6 heteroatoms. The number of piperidine rings is 1. The summed E-state index contributed by atoms with van der Waals surface area (Å²) < 4.78 is 12.8. The van der Waals surface area contributed by atoms with Crippen molar-refractivity contribution in [2.75, 3.05) is 13.1 Å². The van der Waals surface area contributed by atoms with Gasteiger partial charge in [0, 0.05) is 13.1 Å². The summed E-state index contributed by atoms with van der Waals surface area (Å²) in [7, 11) is -2.78. The third kappa shape index (κ3) is 5.66. The lowest BCUT2D eigenvalue weighted by atomic mass is 9.98. The molecule has 1 aliphatic rings. The third-order valence-corrected chi connectivity index (χ3v) is 11.1. The molecule has 0 aromatic heterocycles. The van der Waals surface area contributed by atoms with Crippen LogP contribution in [-0.4, -0.2) is 44.1 Å². The van der Waals surface area contributed by atoms with Gasteiger partial charge in [-0.2, -0.15) is 5.26 Å². The van der Waals surface area contributed by atoms with Gasteiger partial charge in [0.05, 0.1) is 18.1 Å². The first-order valence-electron chi connectivity index (χ1n) is 11.6. The zero-order valence-electron chi connectivity index (χ0n) is 20.7. The molecule has 1 aliphatic heterocycles. The molecular weight excluding hydrogens is 428 g/mol. The van der Waals surface area contributed by atoms with Gasteiger partial charge in [-0.05, 0) is 42.6 Å². The predicted octanol–water partition coefficient (Wildman–Crippen LogP) is 4.71. The van der Waals surface area contributed by atoms with Gasteiger partial charge in [-0.15, -0.1) is 0 Å². The normalized spacial score (nSPS) is 19.6. The van der Waals surface area contributed by atoms with Crippen LogP contribution in [0.5, 0.6) is 0 Å². The second-order valence-corrected chi connectivity index (χ2v) is 15.1. The summed E-state index contributed by atoms with van der Waals surface area (Å²) in [5, 5.41) is 12.0. The Morgan fingerprint density at radius 1 is 0.939 bits per heavy atom. The van der Waals surface area contributed by atoms with Crippen LogP contribution in [0.4, 0.5) is 4.79 Å². The van der Waals surface area contributed by atoms with E-state index in [2.05, 4.69) is 75.4 Å². The molecule has 0 saturated carbocycles. The smallest absolute Gasteiger partial charge is 0.410 e. The molecule has 0 spiro atoms. The fraction of sp³-hybridized carbons (Fsp3) is 0.481. The standard InChI is InChI=1S/C27H36N2O3Si/c1-26(2,3)31-25(30)29-19-21(18-28)17-22(20-29)32-33(27(4,5)6,23-13-9-7-10-14-23)24-15-11-8-12-16-24/h7-16,21-22H,17,19-20H2,1-6H3/t21-,22-/m1/s1. The van der Waals surface area contributed by atoms with Crippen LogP contribution in [0.15, 0.2) is 60.7 Å². The number of hydrogen-bond donors (Lipinski definition) is 0. The molecular formula is C27H36N2O3Si. The van der Waals surface area contributed by atoms with Gasteiger partial charge in [-0.3, -0.25) is 0 Å². The van der Waals surface area contributed by atoms with E-state index < -0.39 is 20.0 Å². The molecule has 3 rings (SSSR count). The summed E-state index contributed by atoms with van der Waals surface area (Å²) in [5.74, 6) is -0.297. The Morgan fingerprint density at radius 2 is 1.45 bits per heavy atom. The van der Waals surface area contributed by atoms with Gasteiger partial charge < -0.3 is 14.1 Å². The lowest BCUT2D eigenvalue weighted by molar-refractivity contribution is 0.000941. The molecule has 1 amide bonds. The van der Waals surface area contributed by atoms with Gasteiger partial charge in [0.25, 0.3) is 8.32 Å². The van der Waals surface area contributed by atoms with Crippen LogP contribution in [0.1, 0.15) is 48.0 Å². The molecule has 1 heterocycles. The number of carbonyl (C=O) groups excluding carboxylic acids is 1. The molecule has 0 bridgehead atoms. The number of likely N-dealkylation sites (tertiary alicyclic amines) is 1. The van der Waals surface area contributed by atoms with E-state index in [-0.39, 0.29) is 17.1 Å². The number of benzene rings is 2. The third-order valence-electron chi connectivity index (χ3n) is 6.01. The van der Waals surface area contributed by atoms with Crippen LogP contribution < -0.4 is 10.4 Å². The Balaban J connectivity index is 2.03. The Hall–Kier alpha value is -2.62. The highest BCUT2D eigenvalue weighted by Crippen LogP contribution is 2.38. The largest absolute Gasteiger partial charge is 0.444 e. The number of amides is 1. The highest BCUT2D eigenvalue weighted by molar-refractivity contribution is 6.99. The number of carbonyl (C=O) groups is 1. The van der Waals surface area contributed by atoms with Crippen molar-refractivity contribution in [3.05, 3.63) is 60.7 Å². The minimum absolute atomic E-state index is 0.175. The van der Waals surface area contributed by atoms with E-state index in [4.69, 9.17) is 9.16 Å². The number of nitrogens with zero attached hydrogens (tertiary/aromatic N) is 2. The lowest BCUT2D eigenvalue weighted by Gasteiger charge is -2.47. The first kappa shape index (κ1) is 25.0. The van der Waals surface area contributed by atoms with Gasteiger partial charge in [0.1, 0.15) is 5.60 Å². The summed E-state index contributed by atoms with van der Waals surface area (Å²) >= 11 is 0. The maximum absolute atomic E-state index is 12.9. The Kier molecular flexibility index (Phi) is 7.35. The Bertz CT molecular complexity index is 935. The number of nitriles is 1. The van der Waals surface area contributed by atoms with Crippen molar-refractivity contribution in [3.63, 3.8) is 0 Å². The molecule has 0 N–H and O–H groups in total. The maximum Gasteiger partial charge on any atom is 0.410 e. The molecule has 2 aromatic carbocycles. The van der Waals surface area contributed by atoms with Crippen molar-refractivity contribution in [1.29, 1.82) is 5.26 Å². The zero-order valence-corrected chi connectivity index (χ0v) is 21.7. The first-order chi connectivity index (χ1) is 15.5. The predicted molar refractivity (Wildman–Crippen MR) is 134 cm³/mol. The molecule has 2 aromatic rings. The fourth-order valence-electron chi connectivity index (χ4n) is 4.65. The van der Waals surface area contributed by atoms with E-state index in [0.717, 1.165) is 0 Å². The van der Waals surface area contributed by atoms with Gasteiger partial charge in [-0.1, -0.05) is 81.4 Å². The van der Waals surface area contributed by atoms with Gasteiger partial charge in [0.2, 0.25) is 0 Å². The molecule has 33 heavy (non-hydrogen) atoms. The minimum Gasteiger partial charge on any atom is -0.444 e. The summed E-state index contributed by atoms with van der Waals surface area (Å²) in [4.78, 5) is 14.5. The molecule has 0 unspecified atom stereocenters. The summed E-state index contributed by atoms with van der Waals surface area (Å²) in [6.45, 7) is 13.0. The molecule has 0 radical (unpaired) electrons. The van der Waals surface area contributed by atoms with E-state index in [1.54, 1.807) is 4.90 Å². The number of rotatable bonds is 4. The topological polar surface area (TPSA) is 62.6 Å². The average molecular weight is 465 g/mol. The molecule has 0 aliphatic carbocycles. The summed E-state index contributed by atoms with van der Waals surface area (Å²) in [5.41, 5.74) is -0.592. The van der Waals surface area contributed by atoms with Crippen molar-refractivity contribution in [2.45, 2.75) is 64.7 Å². The van der Waals surface area contributed by atoms with Crippen molar-refractivity contribution < 1.29 is 14.0 Å². The Labute approximate surface area is 199 Å². The lowest BCUT2D eigenvalue weighted by Crippen LogP contribution is -2.69. The van der Waals surface area contributed by atoms with Crippen molar-refractivity contribution in [2.24, 2.45) is 5.92 Å². The molecule has 1 saturated heterocycles. The Morgan fingerprint density at radius 3 is 1.88 bits per heavy atom. The van der Waals surface area contributed by atoms with E-state index in [0.29, 0.717) is 19.5 Å². The average Bonchev–Trinajstić information content (AvgIpc) is 2.76. The van der Waals surface area contributed by atoms with E-state index in [9.17, 15) is 10.1 Å². The second-order valence-electron chi connectivity index (χ2n) is 10.9. The first-order valence-corrected chi connectivity index (χ1v) is 13.5. The van der Waals surface area contributed by atoms with Crippen LogP contribution in [-0.2, 0) is 9.16 Å². The van der Waals surface area contributed by atoms with E-state index in [1.807, 2.05) is 32.9 Å². The monoisotopic (exact) mass is 464 g/mol. The zero-order chi connectivity index (χ0) is 24.3. The van der Waals surface area contributed by atoms with Crippen LogP contribution in [0, 0.1) is 17.2 Å². The van der Waals surface area contributed by atoms with E-state index in [1.165, 1.54) is 10.4 Å². The van der Waals surface area contributed by atoms with Gasteiger partial charge in [0.15, 0.2) is 0 Å². The number of ether oxygens (including phenoxy) is 1. The van der Waals surface area contributed by atoms with Crippen molar-refractivity contribution in [3.8, 4) is 6.07 Å². The van der Waals surface area contributed by atoms with E-state index >= 15 is 0 Å². The fourth-order valence-corrected chi connectivity index (χ4v) is 9.33. The molecule has 5 nitrogen and oxygen atoms in total. The summed E-state index contributed by atoms with van der Waals surface area (Å²) in [6, 6.07) is 23.3. The molecule has 176 valence electrons. The minimum atomic E-state index is -2.78. The van der Waals surface area contributed by atoms with Crippen LogP contribution in [0.2, 0.25) is 5.04 Å². The van der Waals surface area contributed by atoms with Crippen LogP contribution in [0.3, 0.4) is 0 Å². The van der Waals surface area contributed by atoms with Gasteiger partial charge in [-0.25, -0.2) is 4.79 Å². The number of hydrogen-bond acceptors (Lipinski definition) is 4. The highest BCUT2D eigenvalue weighted by Gasteiger charge is 2.52. The van der Waals surface area contributed by atoms with Crippen LogP contribution in [0.25, 0.3) is 0 Å². The summed E-state index contributed by atoms with van der Waals surface area (Å²) in [6.07, 6.45) is -0.0546. The second kappa shape index (κ2) is 9.70. The van der Waals surface area contributed by atoms with Crippen molar-refractivity contribution >= 4 is 24.8 Å². The highest BCUT2D eigenvalue weighted by atomic mass is 28.4. The van der Waals surface area contributed by atoms with Gasteiger partial charge >= 0.3 is 6.09 Å². The SMILES string of the molecule is CC(C)(C)OC(=O)N1C[C@@H](C#N)C[C@@H](O[Si](c2ccccc2)(c2ccccc2)C(C)(C)C)C1. The maximum atomic E-state index is 12.9.